The molecule has 6 heteroatoms. The monoisotopic (exact) mass is 405 g/mol. The number of guanidine groups is 1. The van der Waals surface area contributed by atoms with Crippen molar-refractivity contribution in [3.63, 3.8) is 0 Å². The highest BCUT2D eigenvalue weighted by Crippen LogP contribution is 2.02. The van der Waals surface area contributed by atoms with E-state index in [9.17, 15) is 0 Å². The molecule has 0 aliphatic carbocycles. The van der Waals surface area contributed by atoms with Gasteiger partial charge in [0.1, 0.15) is 0 Å². The number of nitrogens with zero attached hydrogens (tertiary/aromatic N) is 2. The molecule has 1 aromatic rings. The van der Waals surface area contributed by atoms with Crippen LogP contribution in [0.25, 0.3) is 0 Å². The number of halogens is 1. The first-order chi connectivity index (χ1) is 9.75. The quantitative estimate of drug-likeness (QED) is 0.471. The summed E-state index contributed by atoms with van der Waals surface area (Å²) in [6, 6.07) is 10.2. The van der Waals surface area contributed by atoms with E-state index in [1.807, 2.05) is 37.2 Å². The van der Waals surface area contributed by atoms with Crippen LogP contribution in [0.5, 0.6) is 0 Å². The zero-order chi connectivity index (χ0) is 14.2. The minimum absolute atomic E-state index is 0. The highest BCUT2D eigenvalue weighted by Gasteiger charge is 2.14. The highest BCUT2D eigenvalue weighted by atomic mass is 127. The van der Waals surface area contributed by atoms with Gasteiger partial charge in [0.15, 0.2) is 5.96 Å². The fourth-order valence-electron chi connectivity index (χ4n) is 1.96. The summed E-state index contributed by atoms with van der Waals surface area (Å²) in [5, 5.41) is 3.33. The minimum Gasteiger partial charge on any atom is -0.376 e. The Kier molecular flexibility index (Phi) is 8.63. The Hall–Kier alpha value is -0.860. The van der Waals surface area contributed by atoms with Crippen molar-refractivity contribution in [2.45, 2.75) is 12.6 Å². The van der Waals surface area contributed by atoms with E-state index in [1.165, 1.54) is 5.56 Å². The van der Waals surface area contributed by atoms with Crippen LogP contribution in [-0.2, 0) is 16.0 Å². The van der Waals surface area contributed by atoms with Crippen molar-refractivity contribution in [2.75, 3.05) is 40.5 Å². The summed E-state index contributed by atoms with van der Waals surface area (Å²) in [4.78, 5) is 6.59. The largest absolute Gasteiger partial charge is 0.376 e. The number of nitrogens with one attached hydrogen (secondary N) is 1. The van der Waals surface area contributed by atoms with Gasteiger partial charge in [-0.15, -0.1) is 24.0 Å². The van der Waals surface area contributed by atoms with Crippen molar-refractivity contribution >= 4 is 29.9 Å². The third-order valence-corrected chi connectivity index (χ3v) is 3.05. The van der Waals surface area contributed by atoms with Gasteiger partial charge >= 0.3 is 0 Å². The van der Waals surface area contributed by atoms with Crippen LogP contribution < -0.4 is 5.32 Å². The Balaban J connectivity index is 0.00000220. The molecule has 1 aromatic carbocycles. The molecule has 1 aliphatic heterocycles. The van der Waals surface area contributed by atoms with Crippen LogP contribution in [-0.4, -0.2) is 57.4 Å². The number of aliphatic imine (C=N–C) groups is 1. The van der Waals surface area contributed by atoms with Gasteiger partial charge in [-0.3, -0.25) is 0 Å². The molecule has 0 amide bonds. The van der Waals surface area contributed by atoms with Gasteiger partial charge in [-0.2, -0.15) is 0 Å². The Bertz CT molecular complexity index is 420. The average Bonchev–Trinajstić information content (AvgIpc) is 2.49. The Morgan fingerprint density at radius 1 is 1.29 bits per heavy atom. The Morgan fingerprint density at radius 3 is 2.67 bits per heavy atom. The zero-order valence-corrected chi connectivity index (χ0v) is 14.9. The van der Waals surface area contributed by atoms with Crippen molar-refractivity contribution in [1.82, 2.24) is 10.2 Å². The molecule has 0 radical (unpaired) electrons. The van der Waals surface area contributed by atoms with E-state index in [0.29, 0.717) is 32.9 Å². The molecule has 1 heterocycles. The zero-order valence-electron chi connectivity index (χ0n) is 12.6. The van der Waals surface area contributed by atoms with Gasteiger partial charge in [-0.1, -0.05) is 30.3 Å². The van der Waals surface area contributed by atoms with Gasteiger partial charge in [0.2, 0.25) is 0 Å². The molecule has 1 unspecified atom stereocenters. The Labute approximate surface area is 143 Å². The second-order valence-corrected chi connectivity index (χ2v) is 4.97. The first kappa shape index (κ1) is 18.2. The van der Waals surface area contributed by atoms with Crippen LogP contribution >= 0.6 is 24.0 Å². The Morgan fingerprint density at radius 2 is 2.05 bits per heavy atom. The van der Waals surface area contributed by atoms with Crippen LogP contribution in [0.2, 0.25) is 0 Å². The average molecular weight is 405 g/mol. The second kappa shape index (κ2) is 9.97. The van der Waals surface area contributed by atoms with Crippen LogP contribution in [0.4, 0.5) is 0 Å². The van der Waals surface area contributed by atoms with Gasteiger partial charge in [-0.25, -0.2) is 4.99 Å². The van der Waals surface area contributed by atoms with Gasteiger partial charge in [-0.05, 0) is 5.56 Å². The van der Waals surface area contributed by atoms with Crippen LogP contribution in [0.15, 0.2) is 35.3 Å². The number of benzene rings is 1. The lowest BCUT2D eigenvalue weighted by Gasteiger charge is -2.25. The van der Waals surface area contributed by atoms with Gasteiger partial charge < -0.3 is 19.7 Å². The first-order valence-electron chi connectivity index (χ1n) is 6.94. The standard InChI is InChI=1S/C15H23N3O2.HI/c1-18(2)15(16-10-13-6-4-3-5-7-13)17-11-14-12-19-8-9-20-14;/h3-7,14H,8-12H2,1-2H3,(H,16,17);1H. The molecule has 21 heavy (non-hydrogen) atoms. The molecular weight excluding hydrogens is 381 g/mol. The van der Waals surface area contributed by atoms with E-state index >= 15 is 0 Å². The molecule has 0 saturated carbocycles. The summed E-state index contributed by atoms with van der Waals surface area (Å²) in [7, 11) is 3.96. The van der Waals surface area contributed by atoms with E-state index in [0.717, 1.165) is 5.96 Å². The molecule has 0 aromatic heterocycles. The van der Waals surface area contributed by atoms with Crippen LogP contribution in [0, 0.1) is 0 Å². The van der Waals surface area contributed by atoms with Crippen LogP contribution in [0.3, 0.4) is 0 Å². The normalized spacial score (nSPS) is 18.8. The van der Waals surface area contributed by atoms with E-state index < -0.39 is 0 Å². The summed E-state index contributed by atoms with van der Waals surface area (Å²) in [5.41, 5.74) is 1.20. The third-order valence-electron chi connectivity index (χ3n) is 3.05. The number of ether oxygens (including phenoxy) is 2. The summed E-state index contributed by atoms with van der Waals surface area (Å²) >= 11 is 0. The predicted octanol–water partition coefficient (Wildman–Crippen LogP) is 1.73. The first-order valence-corrected chi connectivity index (χ1v) is 6.94. The molecular formula is C15H24IN3O2. The van der Waals surface area contributed by atoms with Crippen molar-refractivity contribution in [3.8, 4) is 0 Å². The fraction of sp³-hybridized carbons (Fsp3) is 0.533. The maximum atomic E-state index is 5.61. The van der Waals surface area contributed by atoms with E-state index in [-0.39, 0.29) is 30.1 Å². The predicted molar refractivity (Wildman–Crippen MR) is 95.2 cm³/mol. The summed E-state index contributed by atoms with van der Waals surface area (Å²) < 4.78 is 11.0. The molecule has 5 nitrogen and oxygen atoms in total. The molecule has 2 rings (SSSR count). The molecule has 1 saturated heterocycles. The maximum absolute atomic E-state index is 5.61. The molecule has 118 valence electrons. The second-order valence-electron chi connectivity index (χ2n) is 4.97. The van der Waals surface area contributed by atoms with Crippen molar-refractivity contribution < 1.29 is 9.47 Å². The van der Waals surface area contributed by atoms with Crippen molar-refractivity contribution in [3.05, 3.63) is 35.9 Å². The fourth-order valence-corrected chi connectivity index (χ4v) is 1.96. The van der Waals surface area contributed by atoms with Crippen LogP contribution in [0.1, 0.15) is 5.56 Å². The van der Waals surface area contributed by atoms with E-state index in [1.54, 1.807) is 0 Å². The third kappa shape index (κ3) is 6.62. The molecule has 1 N–H and O–H groups in total. The molecule has 1 fully saturated rings. The minimum atomic E-state index is 0. The summed E-state index contributed by atoms with van der Waals surface area (Å²) in [6.07, 6.45) is 0.102. The van der Waals surface area contributed by atoms with Crippen molar-refractivity contribution in [2.24, 2.45) is 4.99 Å². The molecule has 1 atom stereocenters. The lowest BCUT2D eigenvalue weighted by Crippen LogP contribution is -2.44. The lowest BCUT2D eigenvalue weighted by atomic mass is 10.2. The number of hydrogen-bond donors (Lipinski definition) is 1. The number of rotatable bonds is 4. The number of hydrogen-bond acceptors (Lipinski definition) is 3. The van der Waals surface area contributed by atoms with Gasteiger partial charge in [0, 0.05) is 20.6 Å². The smallest absolute Gasteiger partial charge is 0.193 e. The summed E-state index contributed by atoms with van der Waals surface area (Å²) in [5.74, 6) is 0.864. The van der Waals surface area contributed by atoms with E-state index in [4.69, 9.17) is 9.47 Å². The van der Waals surface area contributed by atoms with Gasteiger partial charge in [0.05, 0.1) is 32.5 Å². The maximum Gasteiger partial charge on any atom is 0.193 e. The van der Waals surface area contributed by atoms with Gasteiger partial charge in [0.25, 0.3) is 0 Å². The molecule has 1 aliphatic rings. The van der Waals surface area contributed by atoms with Crippen molar-refractivity contribution in [1.29, 1.82) is 0 Å². The lowest BCUT2D eigenvalue weighted by molar-refractivity contribution is -0.0851. The summed E-state index contributed by atoms with van der Waals surface area (Å²) in [6.45, 7) is 3.39. The molecule has 0 bridgehead atoms. The van der Waals surface area contributed by atoms with E-state index in [2.05, 4.69) is 22.4 Å². The molecule has 0 spiro atoms. The SMILES string of the molecule is CN(C)C(=NCc1ccccc1)NCC1COCCO1.I. The topological polar surface area (TPSA) is 46.1 Å². The highest BCUT2D eigenvalue weighted by molar-refractivity contribution is 14.0.